The average molecular weight is 346 g/mol. The maximum absolute atomic E-state index is 12.5. The van der Waals surface area contributed by atoms with Crippen molar-refractivity contribution in [1.29, 1.82) is 0 Å². The third kappa shape index (κ3) is 3.21. The maximum atomic E-state index is 12.5. The van der Waals surface area contributed by atoms with Gasteiger partial charge >= 0.3 is 12.1 Å². The number of ketones is 2. The number of hydrogen-bond acceptors (Lipinski definition) is 4. The fourth-order valence-electron chi connectivity index (χ4n) is 2.32. The molecule has 0 atom stereocenters. The van der Waals surface area contributed by atoms with Gasteiger partial charge in [0.15, 0.2) is 11.5 Å². The molecule has 0 aromatic heterocycles. The van der Waals surface area contributed by atoms with Crippen LogP contribution in [0.15, 0.2) is 60.4 Å². The highest BCUT2D eigenvalue weighted by molar-refractivity contribution is 6.24. The summed E-state index contributed by atoms with van der Waals surface area (Å²) in [5.41, 5.74) is -0.791. The molecule has 2 aromatic carbocycles. The van der Waals surface area contributed by atoms with Crippen LogP contribution in [0.5, 0.6) is 0 Å². The summed E-state index contributed by atoms with van der Waals surface area (Å²) in [5, 5.41) is 0. The zero-order valence-electron chi connectivity index (χ0n) is 12.5. The lowest BCUT2D eigenvalue weighted by atomic mass is 9.94. The van der Waals surface area contributed by atoms with Gasteiger partial charge in [0, 0.05) is 17.2 Å². The lowest BCUT2D eigenvalue weighted by Crippen LogP contribution is -2.20. The Balaban J connectivity index is 1.82. The lowest BCUT2D eigenvalue weighted by Gasteiger charge is -2.14. The van der Waals surface area contributed by atoms with Crippen LogP contribution in [0.2, 0.25) is 0 Å². The summed E-state index contributed by atoms with van der Waals surface area (Å²) in [7, 11) is 0. The van der Waals surface area contributed by atoms with E-state index in [0.29, 0.717) is 0 Å². The molecular formula is C18H9F3O4. The fraction of sp³-hybridized carbons (Fsp3) is 0.0556. The van der Waals surface area contributed by atoms with E-state index in [4.69, 9.17) is 4.74 Å². The molecule has 0 bridgehead atoms. The second-order valence-corrected chi connectivity index (χ2v) is 5.21. The van der Waals surface area contributed by atoms with Crippen LogP contribution in [0.25, 0.3) is 0 Å². The van der Waals surface area contributed by atoms with E-state index in [1.54, 1.807) is 12.1 Å². The quantitative estimate of drug-likeness (QED) is 0.776. The average Bonchev–Trinajstić information content (AvgIpc) is 2.59. The number of allylic oxidation sites excluding steroid dienone is 2. The number of alkyl halides is 3. The second kappa shape index (κ2) is 6.01. The zero-order chi connectivity index (χ0) is 18.2. The number of esters is 1. The van der Waals surface area contributed by atoms with E-state index < -0.39 is 35.0 Å². The fourth-order valence-corrected chi connectivity index (χ4v) is 2.32. The van der Waals surface area contributed by atoms with Gasteiger partial charge in [0.1, 0.15) is 0 Å². The highest BCUT2D eigenvalue weighted by Crippen LogP contribution is 2.29. The summed E-state index contributed by atoms with van der Waals surface area (Å²) in [6.45, 7) is 0. The van der Waals surface area contributed by atoms with Gasteiger partial charge in [0.05, 0.1) is 11.1 Å². The van der Waals surface area contributed by atoms with Gasteiger partial charge in [-0.25, -0.2) is 4.79 Å². The van der Waals surface area contributed by atoms with Crippen LogP contribution >= 0.6 is 0 Å². The van der Waals surface area contributed by atoms with E-state index in [1.165, 1.54) is 12.1 Å². The van der Waals surface area contributed by atoms with Crippen LogP contribution in [0.4, 0.5) is 13.2 Å². The second-order valence-electron chi connectivity index (χ2n) is 5.21. The molecule has 0 spiro atoms. The zero-order valence-corrected chi connectivity index (χ0v) is 12.5. The smallest absolute Gasteiger partial charge is 0.416 e. The molecule has 25 heavy (non-hydrogen) atoms. The third-order valence-electron chi connectivity index (χ3n) is 3.57. The largest absolute Gasteiger partial charge is 0.419 e. The number of halogens is 3. The normalized spacial score (nSPS) is 14.0. The van der Waals surface area contributed by atoms with Crippen molar-refractivity contribution in [2.24, 2.45) is 0 Å². The van der Waals surface area contributed by atoms with Gasteiger partial charge in [-0.1, -0.05) is 24.3 Å². The van der Waals surface area contributed by atoms with E-state index in [-0.39, 0.29) is 16.7 Å². The molecule has 126 valence electrons. The van der Waals surface area contributed by atoms with Crippen molar-refractivity contribution in [3.63, 3.8) is 0 Å². The van der Waals surface area contributed by atoms with Crippen molar-refractivity contribution >= 4 is 17.5 Å². The van der Waals surface area contributed by atoms with Crippen molar-refractivity contribution < 1.29 is 32.3 Å². The molecule has 0 radical (unpaired) electrons. The highest BCUT2D eigenvalue weighted by Gasteiger charge is 2.31. The van der Waals surface area contributed by atoms with Gasteiger partial charge in [-0.15, -0.1) is 0 Å². The third-order valence-corrected chi connectivity index (χ3v) is 3.57. The molecule has 0 unspecified atom stereocenters. The number of benzene rings is 2. The van der Waals surface area contributed by atoms with E-state index in [0.717, 1.165) is 30.3 Å². The van der Waals surface area contributed by atoms with Gasteiger partial charge < -0.3 is 4.74 Å². The van der Waals surface area contributed by atoms with Crippen LogP contribution in [0, 0.1) is 0 Å². The molecule has 0 N–H and O–H groups in total. The highest BCUT2D eigenvalue weighted by atomic mass is 19.4. The Morgan fingerprint density at radius 2 is 1.48 bits per heavy atom. The molecule has 3 rings (SSSR count). The molecule has 0 heterocycles. The minimum atomic E-state index is -4.53. The Morgan fingerprint density at radius 3 is 2.08 bits per heavy atom. The van der Waals surface area contributed by atoms with E-state index >= 15 is 0 Å². The van der Waals surface area contributed by atoms with Crippen LogP contribution in [-0.4, -0.2) is 17.5 Å². The van der Waals surface area contributed by atoms with Gasteiger partial charge in [0.2, 0.25) is 5.78 Å². The summed E-state index contributed by atoms with van der Waals surface area (Å²) >= 11 is 0. The first-order valence-corrected chi connectivity index (χ1v) is 7.06. The first kappa shape index (κ1) is 16.6. The summed E-state index contributed by atoms with van der Waals surface area (Å²) in [4.78, 5) is 36.3. The molecule has 0 saturated heterocycles. The van der Waals surface area contributed by atoms with Gasteiger partial charge in [-0.2, -0.15) is 13.2 Å². The topological polar surface area (TPSA) is 60.4 Å². The minimum absolute atomic E-state index is 0.102. The molecule has 1 aliphatic rings. The summed E-state index contributed by atoms with van der Waals surface area (Å²) in [6.07, 6.45) is -3.63. The Hall–Kier alpha value is -3.22. The number of ether oxygens (including phenoxy) is 1. The van der Waals surface area contributed by atoms with Crippen molar-refractivity contribution in [1.82, 2.24) is 0 Å². The number of rotatable bonds is 2. The van der Waals surface area contributed by atoms with Crippen molar-refractivity contribution in [3.05, 3.63) is 82.6 Å². The molecule has 1 aliphatic carbocycles. The van der Waals surface area contributed by atoms with Crippen molar-refractivity contribution in [2.45, 2.75) is 6.18 Å². The summed E-state index contributed by atoms with van der Waals surface area (Å²) in [5.74, 6) is -2.63. The van der Waals surface area contributed by atoms with Crippen LogP contribution in [0.1, 0.15) is 36.6 Å². The predicted molar refractivity (Wildman–Crippen MR) is 80.0 cm³/mol. The molecule has 0 fully saturated rings. The molecule has 2 aromatic rings. The standard InChI is InChI=1S/C18H9F3O4/c19-18(20,21)11-7-5-10(6-8-11)17(24)25-15-9-14(22)12-3-1-2-4-13(12)16(15)23/h1-9H. The molecule has 0 amide bonds. The molecule has 7 heteroatoms. The minimum Gasteiger partial charge on any atom is -0.419 e. The van der Waals surface area contributed by atoms with Crippen molar-refractivity contribution in [3.8, 4) is 0 Å². The van der Waals surface area contributed by atoms with Crippen molar-refractivity contribution in [2.75, 3.05) is 0 Å². The van der Waals surface area contributed by atoms with Crippen LogP contribution in [0.3, 0.4) is 0 Å². The van der Waals surface area contributed by atoms with Gasteiger partial charge in [-0.05, 0) is 24.3 Å². The summed E-state index contributed by atoms with van der Waals surface area (Å²) in [6, 6.07) is 9.39. The van der Waals surface area contributed by atoms with E-state index in [9.17, 15) is 27.6 Å². The van der Waals surface area contributed by atoms with Gasteiger partial charge in [-0.3, -0.25) is 9.59 Å². The number of Topliss-reactive ketones (excluding diaryl/α,β-unsaturated/α-hetero) is 1. The number of fused-ring (bicyclic) bond motifs is 1. The molecule has 0 saturated carbocycles. The van der Waals surface area contributed by atoms with Crippen LogP contribution < -0.4 is 0 Å². The lowest BCUT2D eigenvalue weighted by molar-refractivity contribution is -0.137. The molecular weight excluding hydrogens is 337 g/mol. The Labute approximate surface area is 139 Å². The first-order chi connectivity index (χ1) is 11.8. The number of hydrogen-bond donors (Lipinski definition) is 0. The maximum Gasteiger partial charge on any atom is 0.416 e. The number of carbonyl (C=O) groups is 3. The Kier molecular flexibility index (Phi) is 4.00. The molecule has 4 nitrogen and oxygen atoms in total. The first-order valence-electron chi connectivity index (χ1n) is 7.06. The predicted octanol–water partition coefficient (Wildman–Crippen LogP) is 3.83. The van der Waals surface area contributed by atoms with E-state index in [2.05, 4.69) is 0 Å². The molecule has 0 aliphatic heterocycles. The SMILES string of the molecule is O=C(OC1=CC(=O)c2ccccc2C1=O)c1ccc(C(F)(F)F)cc1. The summed E-state index contributed by atoms with van der Waals surface area (Å²) < 4.78 is 42.5. The Morgan fingerprint density at radius 1 is 0.880 bits per heavy atom. The van der Waals surface area contributed by atoms with E-state index in [1.807, 2.05) is 0 Å². The number of carbonyl (C=O) groups excluding carboxylic acids is 3. The Bertz CT molecular complexity index is 909. The van der Waals surface area contributed by atoms with Crippen LogP contribution in [-0.2, 0) is 10.9 Å². The van der Waals surface area contributed by atoms with Gasteiger partial charge in [0.25, 0.3) is 0 Å². The monoisotopic (exact) mass is 346 g/mol.